The molecule has 8 nitrogen and oxygen atoms in total. The van der Waals surface area contributed by atoms with Gasteiger partial charge < -0.3 is 28.8 Å². The van der Waals surface area contributed by atoms with E-state index in [1.807, 2.05) is 21.1 Å². The van der Waals surface area contributed by atoms with Crippen LogP contribution in [-0.2, 0) is 18.4 Å². The third kappa shape index (κ3) is 56.5. The van der Waals surface area contributed by atoms with Crippen molar-refractivity contribution in [2.75, 3.05) is 40.9 Å². The highest BCUT2D eigenvalue weighted by Gasteiger charge is 2.24. The van der Waals surface area contributed by atoms with Crippen LogP contribution in [-0.4, -0.2) is 68.5 Å². The van der Waals surface area contributed by atoms with Crippen LogP contribution in [0.1, 0.15) is 316 Å². The van der Waals surface area contributed by atoms with Gasteiger partial charge in [-0.2, -0.15) is 0 Å². The smallest absolute Gasteiger partial charge is 0.268 e. The predicted molar refractivity (Wildman–Crippen MR) is 307 cm³/mol. The van der Waals surface area contributed by atoms with E-state index >= 15 is 0 Å². The molecule has 0 aliphatic heterocycles. The van der Waals surface area contributed by atoms with Gasteiger partial charge in [-0.3, -0.25) is 9.36 Å². The zero-order valence-electron chi connectivity index (χ0n) is 48.2. The monoisotopic (exact) mass is 1020 g/mol. The second-order valence-electron chi connectivity index (χ2n) is 22.8. The fourth-order valence-electron chi connectivity index (χ4n) is 9.54. The van der Waals surface area contributed by atoms with Crippen LogP contribution in [0, 0.1) is 0 Å². The van der Waals surface area contributed by atoms with Gasteiger partial charge in [-0.1, -0.05) is 289 Å². The van der Waals surface area contributed by atoms with Gasteiger partial charge in [-0.05, 0) is 44.9 Å². The number of phosphoric ester groups is 1. The van der Waals surface area contributed by atoms with Crippen LogP contribution in [0.2, 0.25) is 0 Å². The molecule has 0 spiro atoms. The number of carbonyl (C=O) groups excluding carboxylic acids is 1. The summed E-state index contributed by atoms with van der Waals surface area (Å²) < 4.78 is 23.4. The first-order valence-electron chi connectivity index (χ1n) is 31.2. The van der Waals surface area contributed by atoms with Crippen molar-refractivity contribution in [3.8, 4) is 0 Å². The Morgan fingerprint density at radius 1 is 0.493 bits per heavy atom. The normalized spacial score (nSPS) is 14.0. The number of rotatable bonds is 58. The summed E-state index contributed by atoms with van der Waals surface area (Å²) in [6, 6.07) is -0.796. The molecule has 0 rings (SSSR count). The second kappa shape index (κ2) is 53.8. The summed E-state index contributed by atoms with van der Waals surface area (Å²) >= 11 is 0. The number of nitrogens with one attached hydrogen (secondary N) is 1. The summed E-state index contributed by atoms with van der Waals surface area (Å²) in [5, 5.41) is 14.0. The van der Waals surface area contributed by atoms with Crippen molar-refractivity contribution in [1.82, 2.24) is 5.32 Å². The molecule has 422 valence electrons. The standard InChI is InChI=1S/C62H123N2O6P/c1-6-8-10-12-14-16-18-20-21-22-23-24-25-26-27-28-29-30-31-32-33-34-35-36-37-38-39-40-41-42-43-44-46-48-50-52-54-56-62(66)63-60(59-70-71(67,68)69-58-57-64(3,4)5)61(65)55-53-51-49-47-45-19-17-15-13-11-9-7-2/h18,20,22-23,60-61,65H,6-17,19,21,24-59H2,1-5H3,(H-,63,66,67,68)/b20-18-,23-22-. The molecule has 0 aliphatic rings. The molecule has 1 amide bonds. The number of aliphatic hydroxyl groups is 1. The van der Waals surface area contributed by atoms with Crippen molar-refractivity contribution in [2.45, 2.75) is 328 Å². The fraction of sp³-hybridized carbons (Fsp3) is 0.919. The van der Waals surface area contributed by atoms with Crippen molar-refractivity contribution in [3.63, 3.8) is 0 Å². The summed E-state index contributed by atoms with van der Waals surface area (Å²) in [5.74, 6) is -0.159. The highest BCUT2D eigenvalue weighted by molar-refractivity contribution is 7.45. The van der Waals surface area contributed by atoms with Gasteiger partial charge in [-0.25, -0.2) is 0 Å². The zero-order valence-corrected chi connectivity index (χ0v) is 49.1. The maximum Gasteiger partial charge on any atom is 0.268 e. The number of quaternary nitrogens is 1. The first-order chi connectivity index (χ1) is 34.5. The maximum atomic E-state index is 13.0. The first-order valence-corrected chi connectivity index (χ1v) is 32.6. The molecule has 0 fully saturated rings. The number of amides is 1. The number of unbranched alkanes of at least 4 members (excludes halogenated alkanes) is 41. The van der Waals surface area contributed by atoms with Gasteiger partial charge in [0, 0.05) is 6.42 Å². The number of nitrogens with zero attached hydrogens (tertiary/aromatic N) is 1. The average Bonchev–Trinajstić information content (AvgIpc) is 3.33. The molecule has 0 bridgehead atoms. The molecule has 0 aromatic carbocycles. The van der Waals surface area contributed by atoms with Crippen molar-refractivity contribution in [1.29, 1.82) is 0 Å². The third-order valence-electron chi connectivity index (χ3n) is 14.4. The Balaban J connectivity index is 3.85. The van der Waals surface area contributed by atoms with Gasteiger partial charge in [0.05, 0.1) is 39.9 Å². The molecule has 2 N–H and O–H groups in total. The van der Waals surface area contributed by atoms with E-state index in [0.29, 0.717) is 23.9 Å². The summed E-state index contributed by atoms with van der Waals surface area (Å²) in [6.07, 6.45) is 68.2. The summed E-state index contributed by atoms with van der Waals surface area (Å²) in [5.41, 5.74) is 0. The molecular formula is C62H123N2O6P. The average molecular weight is 1020 g/mol. The van der Waals surface area contributed by atoms with E-state index < -0.39 is 20.0 Å². The number of likely N-dealkylation sites (N-methyl/N-ethyl adjacent to an activating group) is 1. The Hall–Kier alpha value is -1.02. The van der Waals surface area contributed by atoms with E-state index in [1.165, 1.54) is 244 Å². The number of allylic oxidation sites excluding steroid dienone is 4. The summed E-state index contributed by atoms with van der Waals surface area (Å²) in [6.45, 7) is 4.74. The number of phosphoric acid groups is 1. The van der Waals surface area contributed by atoms with Crippen LogP contribution in [0.25, 0.3) is 0 Å². The Labute approximate surface area is 443 Å². The summed E-state index contributed by atoms with van der Waals surface area (Å²) in [4.78, 5) is 25.5. The van der Waals surface area contributed by atoms with Gasteiger partial charge in [-0.15, -0.1) is 0 Å². The number of hydrogen-bond donors (Lipinski definition) is 2. The van der Waals surface area contributed by atoms with E-state index in [4.69, 9.17) is 9.05 Å². The van der Waals surface area contributed by atoms with Crippen LogP contribution in [0.3, 0.4) is 0 Å². The number of carbonyl (C=O) groups is 1. The lowest BCUT2D eigenvalue weighted by Crippen LogP contribution is -2.46. The largest absolute Gasteiger partial charge is 0.756 e. The van der Waals surface area contributed by atoms with Crippen LogP contribution in [0.4, 0.5) is 0 Å². The molecule has 3 unspecified atom stereocenters. The van der Waals surface area contributed by atoms with E-state index in [-0.39, 0.29) is 19.1 Å². The minimum atomic E-state index is -4.57. The molecule has 0 heterocycles. The molecule has 0 saturated heterocycles. The molecule has 0 saturated carbocycles. The Morgan fingerprint density at radius 3 is 1.17 bits per heavy atom. The van der Waals surface area contributed by atoms with Gasteiger partial charge in [0.1, 0.15) is 13.2 Å². The first kappa shape index (κ1) is 70.0. The minimum absolute atomic E-state index is 0.0150. The number of hydrogen-bond acceptors (Lipinski definition) is 6. The minimum Gasteiger partial charge on any atom is -0.756 e. The molecule has 71 heavy (non-hydrogen) atoms. The molecule has 0 aliphatic carbocycles. The second-order valence-corrected chi connectivity index (χ2v) is 24.2. The Kier molecular flexibility index (Phi) is 53.0. The SMILES string of the molecule is CCCCCCC/C=C\C/C=C\CCCCCCCCCCCCCCCCCCCCCCCCCCCC(=O)NC(COP(=O)([O-])OCC[N+](C)(C)C)C(O)CCCCCCCCCCCCCC. The van der Waals surface area contributed by atoms with Crippen molar-refractivity contribution >= 4 is 13.7 Å². The van der Waals surface area contributed by atoms with Crippen LogP contribution < -0.4 is 10.2 Å². The highest BCUT2D eigenvalue weighted by Crippen LogP contribution is 2.38. The van der Waals surface area contributed by atoms with Crippen molar-refractivity contribution < 1.29 is 32.9 Å². The van der Waals surface area contributed by atoms with E-state index in [2.05, 4.69) is 43.5 Å². The van der Waals surface area contributed by atoms with Crippen LogP contribution in [0.5, 0.6) is 0 Å². The highest BCUT2D eigenvalue weighted by atomic mass is 31.2. The molecule has 0 aromatic heterocycles. The van der Waals surface area contributed by atoms with Gasteiger partial charge in [0.2, 0.25) is 5.91 Å². The topological polar surface area (TPSA) is 108 Å². The van der Waals surface area contributed by atoms with E-state index in [1.54, 1.807) is 0 Å². The lowest BCUT2D eigenvalue weighted by atomic mass is 10.0. The molecule has 3 atom stereocenters. The lowest BCUT2D eigenvalue weighted by molar-refractivity contribution is -0.870. The molecule has 9 heteroatoms. The lowest BCUT2D eigenvalue weighted by Gasteiger charge is -2.30. The zero-order chi connectivity index (χ0) is 52.0. The van der Waals surface area contributed by atoms with E-state index in [0.717, 1.165) is 44.9 Å². The van der Waals surface area contributed by atoms with Gasteiger partial charge in [0.25, 0.3) is 7.82 Å². The van der Waals surface area contributed by atoms with E-state index in [9.17, 15) is 19.4 Å². The fourth-order valence-corrected chi connectivity index (χ4v) is 10.3. The number of aliphatic hydroxyl groups excluding tert-OH is 1. The van der Waals surface area contributed by atoms with Crippen LogP contribution >= 0.6 is 7.82 Å². The predicted octanol–water partition coefficient (Wildman–Crippen LogP) is 18.5. The molecular weight excluding hydrogens is 900 g/mol. The Bertz CT molecular complexity index is 1210. The van der Waals surface area contributed by atoms with Crippen LogP contribution in [0.15, 0.2) is 24.3 Å². The van der Waals surface area contributed by atoms with Gasteiger partial charge >= 0.3 is 0 Å². The Morgan fingerprint density at radius 2 is 0.817 bits per heavy atom. The maximum absolute atomic E-state index is 13.0. The summed E-state index contributed by atoms with van der Waals surface area (Å²) in [7, 11) is 1.32. The third-order valence-corrected chi connectivity index (χ3v) is 15.4. The van der Waals surface area contributed by atoms with Gasteiger partial charge in [0.15, 0.2) is 0 Å². The molecule has 0 radical (unpaired) electrons. The van der Waals surface area contributed by atoms with Crippen molar-refractivity contribution in [3.05, 3.63) is 24.3 Å². The quantitative estimate of drug-likeness (QED) is 0.0272. The van der Waals surface area contributed by atoms with Crippen molar-refractivity contribution in [2.24, 2.45) is 0 Å². The molecule has 0 aromatic rings.